The van der Waals surface area contributed by atoms with Crippen LogP contribution in [0.2, 0.25) is 0 Å². The summed E-state index contributed by atoms with van der Waals surface area (Å²) in [4.78, 5) is 16.7. The quantitative estimate of drug-likeness (QED) is 0.716. The molecule has 2 amide bonds. The van der Waals surface area contributed by atoms with E-state index in [-0.39, 0.29) is 6.03 Å². The molecule has 1 aromatic heterocycles. The van der Waals surface area contributed by atoms with Crippen LogP contribution in [0.4, 0.5) is 4.79 Å². The number of nitrogens with one attached hydrogen (secondary N) is 2. The Balaban J connectivity index is 1.29. The van der Waals surface area contributed by atoms with Crippen molar-refractivity contribution in [2.45, 2.75) is 31.7 Å². The molecule has 2 N–H and O–H groups in total. The Morgan fingerprint density at radius 3 is 2.69 bits per heavy atom. The van der Waals surface area contributed by atoms with E-state index in [4.69, 9.17) is 4.98 Å². The Hall–Kier alpha value is -2.82. The zero-order chi connectivity index (χ0) is 17.9. The van der Waals surface area contributed by atoms with Crippen LogP contribution in [-0.4, -0.2) is 22.1 Å². The maximum Gasteiger partial charge on any atom is 0.315 e. The van der Waals surface area contributed by atoms with Crippen molar-refractivity contribution in [2.24, 2.45) is 7.05 Å². The number of hydrogen-bond acceptors (Lipinski definition) is 2. The lowest BCUT2D eigenvalue weighted by molar-refractivity contribution is 0.240. The first-order valence-corrected chi connectivity index (χ1v) is 9.21. The van der Waals surface area contributed by atoms with Gasteiger partial charge in [0.25, 0.3) is 0 Å². The zero-order valence-electron chi connectivity index (χ0n) is 15.0. The molecule has 0 aliphatic heterocycles. The molecule has 1 fully saturated rings. The highest BCUT2D eigenvalue weighted by Crippen LogP contribution is 2.40. The fraction of sp³-hybridized carbons (Fsp3) is 0.333. The molecule has 5 nitrogen and oxygen atoms in total. The predicted molar refractivity (Wildman–Crippen MR) is 103 cm³/mol. The molecule has 0 bridgehead atoms. The summed E-state index contributed by atoms with van der Waals surface area (Å²) < 4.78 is 2.21. The van der Waals surface area contributed by atoms with E-state index in [2.05, 4.69) is 40.4 Å². The average molecular weight is 348 g/mol. The van der Waals surface area contributed by atoms with E-state index in [0.717, 1.165) is 17.5 Å². The molecule has 1 heterocycles. The third-order valence-electron chi connectivity index (χ3n) is 4.92. The van der Waals surface area contributed by atoms with Gasteiger partial charge in [-0.1, -0.05) is 36.4 Å². The van der Waals surface area contributed by atoms with E-state index in [1.165, 1.54) is 29.7 Å². The van der Waals surface area contributed by atoms with Gasteiger partial charge < -0.3 is 15.2 Å². The summed E-state index contributed by atoms with van der Waals surface area (Å²) in [6, 6.07) is 16.2. The monoisotopic (exact) mass is 348 g/mol. The number of aryl methyl sites for hydroxylation is 1. The van der Waals surface area contributed by atoms with Crippen molar-refractivity contribution in [3.63, 3.8) is 0 Å². The summed E-state index contributed by atoms with van der Waals surface area (Å²) >= 11 is 0. The van der Waals surface area contributed by atoms with Gasteiger partial charge in [-0.25, -0.2) is 9.78 Å². The highest BCUT2D eigenvalue weighted by Gasteiger charge is 2.28. The minimum absolute atomic E-state index is 0.135. The number of urea groups is 1. The molecule has 134 valence electrons. The van der Waals surface area contributed by atoms with Gasteiger partial charge in [0.05, 0.1) is 11.0 Å². The largest absolute Gasteiger partial charge is 0.338 e. The van der Waals surface area contributed by atoms with Gasteiger partial charge in [0, 0.05) is 26.1 Å². The first-order valence-electron chi connectivity index (χ1n) is 9.21. The Morgan fingerprint density at radius 1 is 1.12 bits per heavy atom. The van der Waals surface area contributed by atoms with Crippen molar-refractivity contribution in [1.82, 2.24) is 20.2 Å². The minimum Gasteiger partial charge on any atom is -0.338 e. The number of carbonyl (C=O) groups excluding carboxylic acids is 1. The molecular formula is C21H24N4O. The first kappa shape index (κ1) is 16.6. The van der Waals surface area contributed by atoms with Gasteiger partial charge in [-0.05, 0) is 42.5 Å². The van der Waals surface area contributed by atoms with Gasteiger partial charge in [-0.15, -0.1) is 0 Å². The molecule has 0 spiro atoms. The summed E-state index contributed by atoms with van der Waals surface area (Å²) in [6.45, 7) is 1.14. The van der Waals surface area contributed by atoms with Gasteiger partial charge in [-0.2, -0.15) is 0 Å². The van der Waals surface area contributed by atoms with Crippen LogP contribution >= 0.6 is 0 Å². The van der Waals surface area contributed by atoms with Crippen molar-refractivity contribution in [1.29, 1.82) is 0 Å². The standard InChI is InChI=1S/C21H24N4O/c1-25-19-10-7-15(13-18(19)24-20(25)17-8-9-17)11-12-22-21(26)23-14-16-5-3-2-4-6-16/h2-7,10,13,17H,8-9,11-12,14H2,1H3,(H2,22,23,26). The number of benzene rings is 2. The number of hydrogen-bond donors (Lipinski definition) is 2. The summed E-state index contributed by atoms with van der Waals surface area (Å²) in [6.07, 6.45) is 3.31. The van der Waals surface area contributed by atoms with Crippen LogP contribution in [-0.2, 0) is 20.0 Å². The van der Waals surface area contributed by atoms with Crippen LogP contribution in [0.15, 0.2) is 48.5 Å². The molecule has 5 heteroatoms. The van der Waals surface area contributed by atoms with E-state index in [1.807, 2.05) is 30.3 Å². The molecule has 1 aliphatic carbocycles. The van der Waals surface area contributed by atoms with Gasteiger partial charge in [0.2, 0.25) is 0 Å². The fourth-order valence-electron chi connectivity index (χ4n) is 3.29. The van der Waals surface area contributed by atoms with Crippen LogP contribution in [0.25, 0.3) is 11.0 Å². The van der Waals surface area contributed by atoms with Crippen molar-refractivity contribution in [2.75, 3.05) is 6.54 Å². The summed E-state index contributed by atoms with van der Waals surface area (Å²) in [5, 5.41) is 5.80. The summed E-state index contributed by atoms with van der Waals surface area (Å²) in [5.41, 5.74) is 4.53. The molecule has 4 rings (SSSR count). The van der Waals surface area contributed by atoms with E-state index < -0.39 is 0 Å². The minimum atomic E-state index is -0.135. The Kier molecular flexibility index (Phi) is 4.61. The number of imidazole rings is 1. The smallest absolute Gasteiger partial charge is 0.315 e. The molecule has 26 heavy (non-hydrogen) atoms. The van der Waals surface area contributed by atoms with E-state index >= 15 is 0 Å². The van der Waals surface area contributed by atoms with Crippen LogP contribution in [0.5, 0.6) is 0 Å². The number of amides is 2. The lowest BCUT2D eigenvalue weighted by Crippen LogP contribution is -2.36. The lowest BCUT2D eigenvalue weighted by Gasteiger charge is -2.08. The van der Waals surface area contributed by atoms with Gasteiger partial charge in [-0.3, -0.25) is 0 Å². The Morgan fingerprint density at radius 2 is 1.92 bits per heavy atom. The van der Waals surface area contributed by atoms with Crippen molar-refractivity contribution in [3.8, 4) is 0 Å². The Bertz CT molecular complexity index is 912. The molecular weight excluding hydrogens is 324 g/mol. The second-order valence-corrected chi connectivity index (χ2v) is 6.97. The van der Waals surface area contributed by atoms with Gasteiger partial charge in [0.1, 0.15) is 5.82 Å². The van der Waals surface area contributed by atoms with Crippen molar-refractivity contribution < 1.29 is 4.79 Å². The summed E-state index contributed by atoms with van der Waals surface area (Å²) in [7, 11) is 2.10. The molecule has 1 saturated carbocycles. The second-order valence-electron chi connectivity index (χ2n) is 6.97. The first-order chi connectivity index (χ1) is 12.7. The lowest BCUT2D eigenvalue weighted by atomic mass is 10.1. The van der Waals surface area contributed by atoms with Gasteiger partial charge in [0.15, 0.2) is 0 Å². The molecule has 2 aromatic carbocycles. The number of carbonyl (C=O) groups is 1. The highest BCUT2D eigenvalue weighted by atomic mass is 16.2. The summed E-state index contributed by atoms with van der Waals surface area (Å²) in [5.74, 6) is 1.85. The molecule has 0 atom stereocenters. The number of aromatic nitrogens is 2. The zero-order valence-corrected chi connectivity index (χ0v) is 15.0. The molecule has 1 aliphatic rings. The van der Waals surface area contributed by atoms with Crippen molar-refractivity contribution >= 4 is 17.1 Å². The van der Waals surface area contributed by atoms with Crippen molar-refractivity contribution in [3.05, 3.63) is 65.5 Å². The normalized spacial score (nSPS) is 13.7. The van der Waals surface area contributed by atoms with E-state index in [9.17, 15) is 4.79 Å². The fourth-order valence-corrected chi connectivity index (χ4v) is 3.29. The molecule has 0 unspecified atom stereocenters. The third-order valence-corrected chi connectivity index (χ3v) is 4.92. The molecule has 3 aromatic rings. The second kappa shape index (κ2) is 7.20. The maximum atomic E-state index is 11.9. The highest BCUT2D eigenvalue weighted by molar-refractivity contribution is 5.77. The van der Waals surface area contributed by atoms with Crippen LogP contribution in [0.1, 0.15) is 35.7 Å². The number of rotatable bonds is 6. The third kappa shape index (κ3) is 3.72. The topological polar surface area (TPSA) is 59.0 Å². The maximum absolute atomic E-state index is 11.9. The number of fused-ring (bicyclic) bond motifs is 1. The Labute approximate surface area is 153 Å². The predicted octanol–water partition coefficient (Wildman–Crippen LogP) is 3.49. The van der Waals surface area contributed by atoms with Crippen LogP contribution in [0, 0.1) is 0 Å². The molecule has 0 saturated heterocycles. The molecule has 0 radical (unpaired) electrons. The SMILES string of the molecule is Cn1c(C2CC2)nc2cc(CCNC(=O)NCc3ccccc3)ccc21. The van der Waals surface area contributed by atoms with Crippen LogP contribution < -0.4 is 10.6 Å². The van der Waals surface area contributed by atoms with E-state index in [1.54, 1.807) is 0 Å². The van der Waals surface area contributed by atoms with Crippen LogP contribution in [0.3, 0.4) is 0 Å². The van der Waals surface area contributed by atoms with E-state index in [0.29, 0.717) is 19.0 Å². The average Bonchev–Trinajstić information content (AvgIpc) is 3.45. The van der Waals surface area contributed by atoms with Gasteiger partial charge >= 0.3 is 6.03 Å². The number of nitrogens with zero attached hydrogens (tertiary/aromatic N) is 2.